The zero-order valence-electron chi connectivity index (χ0n) is 12.5. The molecule has 2 aliphatic rings. The van der Waals surface area contributed by atoms with Crippen molar-refractivity contribution in [3.05, 3.63) is 11.1 Å². The molecule has 1 atom stereocenters. The number of carbonyl (C=O) groups excluding carboxylic acids is 1. The van der Waals surface area contributed by atoms with Crippen LogP contribution in [0.1, 0.15) is 25.0 Å². The van der Waals surface area contributed by atoms with E-state index in [0.717, 1.165) is 49.8 Å². The Bertz CT molecular complexity index is 459. The molecular weight excluding hydrogens is 343 g/mol. The van der Waals surface area contributed by atoms with Gasteiger partial charge in [0, 0.05) is 38.0 Å². The third-order valence-corrected chi connectivity index (χ3v) is 4.98. The number of hydrogen-bond donors (Lipinski definition) is 2. The van der Waals surface area contributed by atoms with E-state index in [0.29, 0.717) is 6.54 Å². The lowest BCUT2D eigenvalue weighted by atomic mass is 10.1. The van der Waals surface area contributed by atoms with E-state index in [1.807, 2.05) is 0 Å². The van der Waals surface area contributed by atoms with E-state index in [-0.39, 0.29) is 36.6 Å². The second kappa shape index (κ2) is 9.55. The van der Waals surface area contributed by atoms with Gasteiger partial charge in [-0.2, -0.15) is 0 Å². The van der Waals surface area contributed by atoms with Crippen LogP contribution in [0.25, 0.3) is 0 Å². The number of carbonyl (C=O) groups is 1. The first-order valence-electron chi connectivity index (χ1n) is 7.51. The average Bonchev–Trinajstić information content (AvgIpc) is 3.20. The predicted octanol–water partition coefficient (Wildman–Crippen LogP) is 1.86. The second-order valence-corrected chi connectivity index (χ2v) is 6.38. The van der Waals surface area contributed by atoms with Gasteiger partial charge in [-0.25, -0.2) is 4.98 Å². The first-order valence-corrected chi connectivity index (χ1v) is 8.38. The molecule has 2 N–H and O–H groups in total. The molecular formula is C14H24Cl2N4OS. The molecule has 3 heterocycles. The summed E-state index contributed by atoms with van der Waals surface area (Å²) >= 11 is 1.72. The first kappa shape index (κ1) is 19.5. The van der Waals surface area contributed by atoms with Crippen molar-refractivity contribution in [1.29, 1.82) is 0 Å². The maximum atomic E-state index is 11.9. The van der Waals surface area contributed by atoms with Crippen molar-refractivity contribution in [2.45, 2.75) is 25.7 Å². The Morgan fingerprint density at radius 2 is 2.18 bits per heavy atom. The van der Waals surface area contributed by atoms with Crippen molar-refractivity contribution in [2.24, 2.45) is 5.92 Å². The molecule has 2 aliphatic heterocycles. The fraction of sp³-hybridized carbons (Fsp3) is 0.714. The molecule has 0 bridgehead atoms. The van der Waals surface area contributed by atoms with Gasteiger partial charge >= 0.3 is 0 Å². The number of nitrogens with one attached hydrogen (secondary N) is 2. The van der Waals surface area contributed by atoms with Gasteiger partial charge in [-0.05, 0) is 25.8 Å². The van der Waals surface area contributed by atoms with Crippen LogP contribution >= 0.6 is 36.2 Å². The topological polar surface area (TPSA) is 57.3 Å². The van der Waals surface area contributed by atoms with Gasteiger partial charge in [0.2, 0.25) is 5.91 Å². The molecule has 0 saturated carbocycles. The molecule has 0 radical (unpaired) electrons. The Kier molecular flexibility index (Phi) is 8.46. The number of thiazole rings is 1. The van der Waals surface area contributed by atoms with Crippen LogP contribution in [0.5, 0.6) is 0 Å². The predicted molar refractivity (Wildman–Crippen MR) is 95.7 cm³/mol. The molecule has 126 valence electrons. The SMILES string of the molecule is Cl.Cl.O=C(NCCc1csc(N2CCCC2)n1)C1CCNC1. The van der Waals surface area contributed by atoms with Crippen LogP contribution in [0.3, 0.4) is 0 Å². The summed E-state index contributed by atoms with van der Waals surface area (Å²) < 4.78 is 0. The highest BCUT2D eigenvalue weighted by Gasteiger charge is 2.21. The highest BCUT2D eigenvalue weighted by atomic mass is 35.5. The van der Waals surface area contributed by atoms with Crippen molar-refractivity contribution >= 4 is 47.2 Å². The van der Waals surface area contributed by atoms with Crippen LogP contribution < -0.4 is 15.5 Å². The summed E-state index contributed by atoms with van der Waals surface area (Å²) in [5.41, 5.74) is 1.10. The second-order valence-electron chi connectivity index (χ2n) is 5.55. The van der Waals surface area contributed by atoms with Crippen LogP contribution in [0.4, 0.5) is 5.13 Å². The standard InChI is InChI=1S/C14H22N4OS.2ClH/c19-13(11-3-5-15-9-11)16-6-4-12-10-20-14(17-12)18-7-1-2-8-18;;/h10-11,15H,1-9H2,(H,16,19);2*1H. The Balaban J connectivity index is 0.00000121. The Hall–Kier alpha value is -0.560. The van der Waals surface area contributed by atoms with Gasteiger partial charge in [-0.1, -0.05) is 0 Å². The molecule has 1 unspecified atom stereocenters. The number of aromatic nitrogens is 1. The summed E-state index contributed by atoms with van der Waals surface area (Å²) in [7, 11) is 0. The van der Waals surface area contributed by atoms with Gasteiger partial charge in [0.15, 0.2) is 5.13 Å². The zero-order valence-corrected chi connectivity index (χ0v) is 15.0. The fourth-order valence-electron chi connectivity index (χ4n) is 2.80. The van der Waals surface area contributed by atoms with Crippen LogP contribution in [0.2, 0.25) is 0 Å². The maximum Gasteiger partial charge on any atom is 0.224 e. The lowest BCUT2D eigenvalue weighted by Gasteiger charge is -2.12. The van der Waals surface area contributed by atoms with Crippen LogP contribution in [0, 0.1) is 5.92 Å². The normalized spacial score (nSPS) is 20.4. The van der Waals surface area contributed by atoms with Crippen LogP contribution in [0.15, 0.2) is 5.38 Å². The van der Waals surface area contributed by atoms with E-state index >= 15 is 0 Å². The molecule has 1 aromatic rings. The highest BCUT2D eigenvalue weighted by Crippen LogP contribution is 2.24. The summed E-state index contributed by atoms with van der Waals surface area (Å²) in [4.78, 5) is 18.9. The molecule has 2 saturated heterocycles. The molecule has 2 fully saturated rings. The zero-order chi connectivity index (χ0) is 13.8. The minimum atomic E-state index is 0. The van der Waals surface area contributed by atoms with E-state index < -0.39 is 0 Å². The quantitative estimate of drug-likeness (QED) is 0.834. The third kappa shape index (κ3) is 4.98. The molecule has 0 aromatic carbocycles. The number of nitrogens with zero attached hydrogens (tertiary/aromatic N) is 2. The van der Waals surface area contributed by atoms with Crippen molar-refractivity contribution in [2.75, 3.05) is 37.6 Å². The van der Waals surface area contributed by atoms with E-state index in [1.54, 1.807) is 11.3 Å². The van der Waals surface area contributed by atoms with E-state index in [4.69, 9.17) is 0 Å². The van der Waals surface area contributed by atoms with Gasteiger partial charge in [0.05, 0.1) is 11.6 Å². The van der Waals surface area contributed by atoms with Crippen molar-refractivity contribution in [1.82, 2.24) is 15.6 Å². The summed E-state index contributed by atoms with van der Waals surface area (Å²) in [6.45, 7) is 4.75. The van der Waals surface area contributed by atoms with Crippen molar-refractivity contribution < 1.29 is 4.79 Å². The number of anilines is 1. The minimum Gasteiger partial charge on any atom is -0.355 e. The maximum absolute atomic E-state index is 11.9. The highest BCUT2D eigenvalue weighted by molar-refractivity contribution is 7.13. The van der Waals surface area contributed by atoms with Crippen LogP contribution in [-0.4, -0.2) is 43.6 Å². The summed E-state index contributed by atoms with van der Waals surface area (Å²) in [6, 6.07) is 0. The number of halogens is 2. The van der Waals surface area contributed by atoms with Gasteiger partial charge in [0.25, 0.3) is 0 Å². The van der Waals surface area contributed by atoms with Crippen molar-refractivity contribution in [3.8, 4) is 0 Å². The molecule has 0 spiro atoms. The Morgan fingerprint density at radius 1 is 1.41 bits per heavy atom. The summed E-state index contributed by atoms with van der Waals surface area (Å²) in [6.07, 6.45) is 4.35. The number of hydrogen-bond acceptors (Lipinski definition) is 5. The van der Waals surface area contributed by atoms with E-state index in [1.165, 1.54) is 12.8 Å². The first-order chi connectivity index (χ1) is 9.83. The summed E-state index contributed by atoms with van der Waals surface area (Å²) in [5.74, 6) is 0.343. The number of rotatable bonds is 5. The summed E-state index contributed by atoms with van der Waals surface area (Å²) in [5, 5.41) is 9.51. The molecule has 1 aromatic heterocycles. The number of amides is 1. The van der Waals surface area contributed by atoms with Crippen LogP contribution in [-0.2, 0) is 11.2 Å². The molecule has 0 aliphatic carbocycles. The average molecular weight is 367 g/mol. The monoisotopic (exact) mass is 366 g/mol. The van der Waals surface area contributed by atoms with Gasteiger partial charge in [-0.15, -0.1) is 36.2 Å². The molecule has 3 rings (SSSR count). The molecule has 22 heavy (non-hydrogen) atoms. The third-order valence-electron chi connectivity index (χ3n) is 4.03. The fourth-order valence-corrected chi connectivity index (χ4v) is 3.71. The Morgan fingerprint density at radius 3 is 2.86 bits per heavy atom. The van der Waals surface area contributed by atoms with E-state index in [9.17, 15) is 4.79 Å². The largest absolute Gasteiger partial charge is 0.355 e. The minimum absolute atomic E-state index is 0. The lowest BCUT2D eigenvalue weighted by Crippen LogP contribution is -2.33. The molecule has 8 heteroatoms. The molecule has 5 nitrogen and oxygen atoms in total. The van der Waals surface area contributed by atoms with Gasteiger partial charge < -0.3 is 15.5 Å². The Labute approximate surface area is 148 Å². The van der Waals surface area contributed by atoms with Gasteiger partial charge in [-0.3, -0.25) is 4.79 Å². The molecule has 1 amide bonds. The van der Waals surface area contributed by atoms with E-state index in [2.05, 4.69) is 25.9 Å². The van der Waals surface area contributed by atoms with Crippen molar-refractivity contribution in [3.63, 3.8) is 0 Å². The lowest BCUT2D eigenvalue weighted by molar-refractivity contribution is -0.124. The van der Waals surface area contributed by atoms with Gasteiger partial charge in [0.1, 0.15) is 0 Å². The smallest absolute Gasteiger partial charge is 0.224 e.